The van der Waals surface area contributed by atoms with Crippen LogP contribution < -0.4 is 4.74 Å². The van der Waals surface area contributed by atoms with Crippen LogP contribution in [0.25, 0.3) is 0 Å². The van der Waals surface area contributed by atoms with Crippen LogP contribution in [0.2, 0.25) is 0 Å². The van der Waals surface area contributed by atoms with Gasteiger partial charge in [-0.2, -0.15) is 0 Å². The molecule has 0 atom stereocenters. The Hall–Kier alpha value is -2.34. The van der Waals surface area contributed by atoms with Gasteiger partial charge >= 0.3 is 5.97 Å². The topological polar surface area (TPSA) is 69.7 Å². The molecule has 0 fully saturated rings. The van der Waals surface area contributed by atoms with Crippen molar-refractivity contribution in [2.75, 3.05) is 13.4 Å². The second-order valence-electron chi connectivity index (χ2n) is 5.16. The van der Waals surface area contributed by atoms with Crippen LogP contribution in [0.4, 0.5) is 0 Å². The van der Waals surface area contributed by atoms with E-state index in [0.717, 1.165) is 11.8 Å². The molecule has 23 heavy (non-hydrogen) atoms. The average Bonchev–Trinajstić information content (AvgIpc) is 2.52. The van der Waals surface area contributed by atoms with Gasteiger partial charge < -0.3 is 9.47 Å². The predicted molar refractivity (Wildman–Crippen MR) is 87.1 cm³/mol. The minimum atomic E-state index is -3.24. The molecule has 0 bridgehead atoms. The van der Waals surface area contributed by atoms with Gasteiger partial charge in [-0.1, -0.05) is 30.3 Å². The molecule has 0 saturated carbocycles. The van der Waals surface area contributed by atoms with Gasteiger partial charge in [0.1, 0.15) is 12.4 Å². The number of carbonyl (C=O) groups excluding carboxylic acids is 1. The zero-order valence-electron chi connectivity index (χ0n) is 13.0. The molecular formula is C17H18O5S. The number of benzene rings is 2. The molecule has 5 nitrogen and oxygen atoms in total. The van der Waals surface area contributed by atoms with Crippen LogP contribution in [-0.2, 0) is 26.9 Å². The Morgan fingerprint density at radius 3 is 2.39 bits per heavy atom. The normalized spacial score (nSPS) is 11.0. The smallest absolute Gasteiger partial charge is 0.338 e. The summed E-state index contributed by atoms with van der Waals surface area (Å²) >= 11 is 0. The van der Waals surface area contributed by atoms with Gasteiger partial charge in [-0.15, -0.1) is 0 Å². The Morgan fingerprint density at radius 2 is 1.78 bits per heavy atom. The van der Waals surface area contributed by atoms with Gasteiger partial charge in [0.05, 0.1) is 18.4 Å². The predicted octanol–water partition coefficient (Wildman–Crippen LogP) is 2.60. The zero-order valence-corrected chi connectivity index (χ0v) is 13.8. The SMILES string of the molecule is COc1ccc(C(=O)OCc2ccccc2)cc1CS(C)(=O)=O. The second kappa shape index (κ2) is 7.28. The largest absolute Gasteiger partial charge is 0.496 e. The van der Waals surface area contributed by atoms with E-state index < -0.39 is 15.8 Å². The van der Waals surface area contributed by atoms with E-state index in [-0.39, 0.29) is 12.4 Å². The summed E-state index contributed by atoms with van der Waals surface area (Å²) in [6.07, 6.45) is 1.13. The van der Waals surface area contributed by atoms with E-state index in [4.69, 9.17) is 9.47 Å². The number of carbonyl (C=O) groups is 1. The standard InChI is InChI=1S/C17H18O5S/c1-21-16-9-8-14(10-15(16)12-23(2,19)20)17(18)22-11-13-6-4-3-5-7-13/h3-10H,11-12H2,1-2H3. The lowest BCUT2D eigenvalue weighted by molar-refractivity contribution is 0.0472. The maximum absolute atomic E-state index is 12.1. The van der Waals surface area contributed by atoms with Crippen LogP contribution in [0, 0.1) is 0 Å². The molecule has 0 saturated heterocycles. The number of rotatable bonds is 6. The summed E-state index contributed by atoms with van der Waals surface area (Å²) in [5.74, 6) is -0.281. The van der Waals surface area contributed by atoms with Crippen molar-refractivity contribution >= 4 is 15.8 Å². The van der Waals surface area contributed by atoms with Crippen LogP contribution in [0.5, 0.6) is 5.75 Å². The molecule has 0 N–H and O–H groups in total. The molecule has 0 spiro atoms. The van der Waals surface area contributed by atoms with Gasteiger partial charge in [0.15, 0.2) is 9.84 Å². The molecule has 0 aliphatic carbocycles. The summed E-state index contributed by atoms with van der Waals surface area (Å²) in [5, 5.41) is 0. The van der Waals surface area contributed by atoms with Crippen LogP contribution in [0.3, 0.4) is 0 Å². The number of methoxy groups -OCH3 is 1. The second-order valence-corrected chi connectivity index (χ2v) is 7.30. The fraction of sp³-hybridized carbons (Fsp3) is 0.235. The Kier molecular flexibility index (Phi) is 5.39. The molecule has 2 rings (SSSR count). The van der Waals surface area contributed by atoms with E-state index in [9.17, 15) is 13.2 Å². The third-order valence-electron chi connectivity index (χ3n) is 3.15. The van der Waals surface area contributed by atoms with Crippen molar-refractivity contribution < 1.29 is 22.7 Å². The van der Waals surface area contributed by atoms with E-state index in [1.807, 2.05) is 30.3 Å². The number of sulfone groups is 1. The Morgan fingerprint density at radius 1 is 1.09 bits per heavy atom. The summed E-state index contributed by atoms with van der Waals surface area (Å²) in [6.45, 7) is 0.160. The van der Waals surface area contributed by atoms with Crippen molar-refractivity contribution in [1.29, 1.82) is 0 Å². The van der Waals surface area contributed by atoms with Gasteiger partial charge in [-0.25, -0.2) is 13.2 Å². The molecule has 6 heteroatoms. The molecule has 0 aliphatic heterocycles. The van der Waals surface area contributed by atoms with Crippen molar-refractivity contribution in [2.24, 2.45) is 0 Å². The minimum absolute atomic E-state index is 0.160. The van der Waals surface area contributed by atoms with E-state index in [2.05, 4.69) is 0 Å². The van der Waals surface area contributed by atoms with E-state index >= 15 is 0 Å². The first-order valence-corrected chi connectivity index (χ1v) is 9.01. The van der Waals surface area contributed by atoms with Gasteiger partial charge in [0.2, 0.25) is 0 Å². The molecule has 122 valence electrons. The number of hydrogen-bond donors (Lipinski definition) is 0. The number of ether oxygens (including phenoxy) is 2. The average molecular weight is 334 g/mol. The van der Waals surface area contributed by atoms with Crippen molar-refractivity contribution in [1.82, 2.24) is 0 Å². The van der Waals surface area contributed by atoms with E-state index in [1.54, 1.807) is 12.1 Å². The van der Waals surface area contributed by atoms with Gasteiger partial charge in [0.25, 0.3) is 0 Å². The monoisotopic (exact) mass is 334 g/mol. The first-order valence-electron chi connectivity index (χ1n) is 6.95. The molecule has 0 aliphatic rings. The van der Waals surface area contributed by atoms with Gasteiger partial charge in [-0.3, -0.25) is 0 Å². The summed E-state index contributed by atoms with van der Waals surface area (Å²) in [4.78, 5) is 12.1. The summed E-state index contributed by atoms with van der Waals surface area (Å²) in [7, 11) is -1.79. The van der Waals surface area contributed by atoms with Crippen LogP contribution in [-0.4, -0.2) is 27.8 Å². The number of hydrogen-bond acceptors (Lipinski definition) is 5. The summed E-state index contributed by atoms with van der Waals surface area (Å²) in [5.41, 5.74) is 1.61. The van der Waals surface area contributed by atoms with Crippen LogP contribution >= 0.6 is 0 Å². The lowest BCUT2D eigenvalue weighted by Gasteiger charge is -2.10. The molecule has 2 aromatic carbocycles. The Balaban J connectivity index is 2.15. The highest BCUT2D eigenvalue weighted by Crippen LogP contribution is 2.22. The van der Waals surface area contributed by atoms with Crippen molar-refractivity contribution in [3.63, 3.8) is 0 Å². The molecule has 0 unspecified atom stereocenters. The third-order valence-corrected chi connectivity index (χ3v) is 3.98. The highest BCUT2D eigenvalue weighted by molar-refractivity contribution is 7.89. The Labute approximate surface area is 135 Å². The van der Waals surface area contributed by atoms with Gasteiger partial charge in [0, 0.05) is 11.8 Å². The van der Waals surface area contributed by atoms with Crippen LogP contribution in [0.15, 0.2) is 48.5 Å². The van der Waals surface area contributed by atoms with Crippen LogP contribution in [0.1, 0.15) is 21.5 Å². The Bertz CT molecular complexity index is 782. The first kappa shape index (κ1) is 17.0. The van der Waals surface area contributed by atoms with E-state index in [1.165, 1.54) is 13.2 Å². The minimum Gasteiger partial charge on any atom is -0.496 e. The fourth-order valence-corrected chi connectivity index (χ4v) is 2.90. The summed E-state index contributed by atoms with van der Waals surface area (Å²) < 4.78 is 33.4. The molecule has 0 heterocycles. The lowest BCUT2D eigenvalue weighted by Crippen LogP contribution is -2.08. The third kappa shape index (κ3) is 5.10. The van der Waals surface area contributed by atoms with Crippen molar-refractivity contribution in [3.05, 3.63) is 65.2 Å². The summed E-state index contributed by atoms with van der Waals surface area (Å²) in [6, 6.07) is 13.9. The van der Waals surface area contributed by atoms with Gasteiger partial charge in [-0.05, 0) is 23.8 Å². The fourth-order valence-electron chi connectivity index (χ4n) is 2.11. The molecule has 0 radical (unpaired) electrons. The van der Waals surface area contributed by atoms with Crippen molar-refractivity contribution in [2.45, 2.75) is 12.4 Å². The van der Waals surface area contributed by atoms with Crippen molar-refractivity contribution in [3.8, 4) is 5.75 Å². The molecular weight excluding hydrogens is 316 g/mol. The maximum atomic E-state index is 12.1. The lowest BCUT2D eigenvalue weighted by atomic mass is 10.1. The highest BCUT2D eigenvalue weighted by Gasteiger charge is 2.15. The first-order chi connectivity index (χ1) is 10.9. The molecule has 0 aromatic heterocycles. The highest BCUT2D eigenvalue weighted by atomic mass is 32.2. The zero-order chi connectivity index (χ0) is 16.9. The van der Waals surface area contributed by atoms with E-state index in [0.29, 0.717) is 16.9 Å². The molecule has 0 amide bonds. The molecule has 2 aromatic rings. The quantitative estimate of drug-likeness (QED) is 0.760. The number of esters is 1. The maximum Gasteiger partial charge on any atom is 0.338 e.